The SMILES string of the molecule is C[C@H](NCC(O)c1cccs1)c1ccc(F)cc1. The summed E-state index contributed by atoms with van der Waals surface area (Å²) in [5.41, 5.74) is 1.01. The van der Waals surface area contributed by atoms with Gasteiger partial charge in [0.2, 0.25) is 0 Å². The Bertz CT molecular complexity index is 469. The lowest BCUT2D eigenvalue weighted by Crippen LogP contribution is -2.24. The summed E-state index contributed by atoms with van der Waals surface area (Å²) in [4.78, 5) is 0.953. The molecule has 18 heavy (non-hydrogen) atoms. The van der Waals surface area contributed by atoms with E-state index in [9.17, 15) is 9.50 Å². The maximum absolute atomic E-state index is 12.8. The Balaban J connectivity index is 1.88. The van der Waals surface area contributed by atoms with Crippen molar-refractivity contribution in [3.8, 4) is 0 Å². The number of thiophene rings is 1. The summed E-state index contributed by atoms with van der Waals surface area (Å²) in [6.45, 7) is 2.48. The molecule has 4 heteroatoms. The minimum absolute atomic E-state index is 0.0835. The minimum Gasteiger partial charge on any atom is -0.386 e. The minimum atomic E-state index is -0.493. The fourth-order valence-corrected chi connectivity index (χ4v) is 2.45. The largest absolute Gasteiger partial charge is 0.386 e. The van der Waals surface area contributed by atoms with Crippen LogP contribution >= 0.6 is 11.3 Å². The number of aliphatic hydroxyl groups excluding tert-OH is 1. The molecule has 0 fully saturated rings. The number of hydrogen-bond donors (Lipinski definition) is 2. The second kappa shape index (κ2) is 6.09. The first kappa shape index (κ1) is 13.2. The number of aliphatic hydroxyl groups is 1. The zero-order chi connectivity index (χ0) is 13.0. The first-order valence-corrected chi connectivity index (χ1v) is 6.75. The number of rotatable bonds is 5. The highest BCUT2D eigenvalue weighted by Crippen LogP contribution is 2.19. The molecule has 0 saturated heterocycles. The summed E-state index contributed by atoms with van der Waals surface area (Å²) >= 11 is 1.54. The Kier molecular flexibility index (Phi) is 4.47. The summed E-state index contributed by atoms with van der Waals surface area (Å²) in [6, 6.07) is 10.3. The predicted octanol–water partition coefficient (Wildman–Crippen LogP) is 3.27. The Morgan fingerprint density at radius 3 is 2.61 bits per heavy atom. The maximum atomic E-state index is 12.8. The third-order valence-electron chi connectivity index (χ3n) is 2.86. The molecule has 0 spiro atoms. The van der Waals surface area contributed by atoms with Gasteiger partial charge in [0, 0.05) is 17.5 Å². The van der Waals surface area contributed by atoms with Crippen molar-refractivity contribution in [2.75, 3.05) is 6.54 Å². The predicted molar refractivity (Wildman–Crippen MR) is 72.1 cm³/mol. The van der Waals surface area contributed by atoms with E-state index >= 15 is 0 Å². The van der Waals surface area contributed by atoms with E-state index in [1.54, 1.807) is 23.5 Å². The van der Waals surface area contributed by atoms with E-state index in [0.29, 0.717) is 6.54 Å². The van der Waals surface area contributed by atoms with Crippen LogP contribution in [-0.2, 0) is 0 Å². The van der Waals surface area contributed by atoms with E-state index in [1.165, 1.54) is 12.1 Å². The summed E-state index contributed by atoms with van der Waals surface area (Å²) in [6.07, 6.45) is -0.493. The molecule has 0 saturated carbocycles. The molecule has 1 aromatic heterocycles. The van der Waals surface area contributed by atoms with E-state index in [1.807, 2.05) is 24.4 Å². The zero-order valence-corrected chi connectivity index (χ0v) is 11.0. The van der Waals surface area contributed by atoms with E-state index in [4.69, 9.17) is 0 Å². The summed E-state index contributed by atoms with van der Waals surface area (Å²) in [5.74, 6) is -0.232. The van der Waals surface area contributed by atoms with Crippen molar-refractivity contribution in [1.29, 1.82) is 0 Å². The molecule has 0 aliphatic carbocycles. The molecule has 1 heterocycles. The molecule has 1 aromatic carbocycles. The summed E-state index contributed by atoms with van der Waals surface area (Å²) < 4.78 is 12.8. The highest BCUT2D eigenvalue weighted by Gasteiger charge is 2.11. The van der Waals surface area contributed by atoms with Gasteiger partial charge >= 0.3 is 0 Å². The smallest absolute Gasteiger partial charge is 0.123 e. The first-order chi connectivity index (χ1) is 8.66. The number of hydrogen-bond acceptors (Lipinski definition) is 3. The van der Waals surface area contributed by atoms with E-state index < -0.39 is 6.10 Å². The number of nitrogens with one attached hydrogen (secondary N) is 1. The van der Waals surface area contributed by atoms with Gasteiger partial charge in [-0.1, -0.05) is 18.2 Å². The Hall–Kier alpha value is -1.23. The lowest BCUT2D eigenvalue weighted by Gasteiger charge is -2.16. The molecular formula is C14H16FNOS. The second-order valence-corrected chi connectivity index (χ2v) is 5.19. The van der Waals surface area contributed by atoms with Crippen LogP contribution in [0.25, 0.3) is 0 Å². The average Bonchev–Trinajstić information content (AvgIpc) is 2.90. The molecule has 0 aliphatic rings. The van der Waals surface area contributed by atoms with Gasteiger partial charge in [-0.15, -0.1) is 11.3 Å². The van der Waals surface area contributed by atoms with Crippen LogP contribution in [0.3, 0.4) is 0 Å². The molecule has 2 atom stereocenters. The fraction of sp³-hybridized carbons (Fsp3) is 0.286. The molecule has 0 amide bonds. The van der Waals surface area contributed by atoms with Crippen LogP contribution in [0.5, 0.6) is 0 Å². The van der Waals surface area contributed by atoms with Crippen molar-refractivity contribution >= 4 is 11.3 Å². The molecule has 0 bridgehead atoms. The van der Waals surface area contributed by atoms with Crippen LogP contribution in [-0.4, -0.2) is 11.7 Å². The van der Waals surface area contributed by atoms with Gasteiger partial charge < -0.3 is 10.4 Å². The molecule has 2 nitrogen and oxygen atoms in total. The monoisotopic (exact) mass is 265 g/mol. The van der Waals surface area contributed by atoms with Crippen LogP contribution in [0.2, 0.25) is 0 Å². The first-order valence-electron chi connectivity index (χ1n) is 5.87. The molecule has 2 rings (SSSR count). The zero-order valence-electron chi connectivity index (χ0n) is 10.1. The number of halogens is 1. The Morgan fingerprint density at radius 2 is 2.00 bits per heavy atom. The van der Waals surface area contributed by atoms with Gasteiger partial charge in [0.1, 0.15) is 11.9 Å². The third-order valence-corrected chi connectivity index (χ3v) is 3.83. The normalized spacial score (nSPS) is 14.4. The highest BCUT2D eigenvalue weighted by molar-refractivity contribution is 7.10. The van der Waals surface area contributed by atoms with Gasteiger partial charge in [0.15, 0.2) is 0 Å². The van der Waals surface area contributed by atoms with Gasteiger partial charge in [0.25, 0.3) is 0 Å². The van der Waals surface area contributed by atoms with E-state index in [-0.39, 0.29) is 11.9 Å². The molecule has 2 aromatic rings. The van der Waals surface area contributed by atoms with Crippen molar-refractivity contribution in [3.05, 3.63) is 58.0 Å². The van der Waals surface area contributed by atoms with Crippen LogP contribution < -0.4 is 5.32 Å². The van der Waals surface area contributed by atoms with Gasteiger partial charge in [0.05, 0.1) is 0 Å². The molecule has 96 valence electrons. The Labute approximate surface area is 110 Å². The number of benzene rings is 1. The van der Waals surface area contributed by atoms with Gasteiger partial charge in [-0.2, -0.15) is 0 Å². The lowest BCUT2D eigenvalue weighted by molar-refractivity contribution is 0.174. The van der Waals surface area contributed by atoms with Crippen molar-refractivity contribution < 1.29 is 9.50 Å². The molecular weight excluding hydrogens is 249 g/mol. The summed E-state index contributed by atoms with van der Waals surface area (Å²) in [5, 5.41) is 15.1. The van der Waals surface area contributed by atoms with Crippen LogP contribution in [0.4, 0.5) is 4.39 Å². The topological polar surface area (TPSA) is 32.3 Å². The van der Waals surface area contributed by atoms with E-state index in [2.05, 4.69) is 5.32 Å². The van der Waals surface area contributed by atoms with Crippen molar-refractivity contribution in [2.45, 2.75) is 19.1 Å². The molecule has 2 N–H and O–H groups in total. The summed E-state index contributed by atoms with van der Waals surface area (Å²) in [7, 11) is 0. The van der Waals surface area contributed by atoms with Gasteiger partial charge in [-0.05, 0) is 36.1 Å². The van der Waals surface area contributed by atoms with Crippen molar-refractivity contribution in [2.24, 2.45) is 0 Å². The van der Waals surface area contributed by atoms with Crippen LogP contribution in [0.15, 0.2) is 41.8 Å². The standard InChI is InChI=1S/C14H16FNOS/c1-10(11-4-6-12(15)7-5-11)16-9-13(17)14-3-2-8-18-14/h2-8,10,13,16-17H,9H2,1H3/t10-,13?/m0/s1. The highest BCUT2D eigenvalue weighted by atomic mass is 32.1. The molecule has 0 aliphatic heterocycles. The molecule has 1 unspecified atom stereocenters. The second-order valence-electron chi connectivity index (χ2n) is 4.21. The average molecular weight is 265 g/mol. The fourth-order valence-electron chi connectivity index (χ4n) is 1.74. The third kappa shape index (κ3) is 3.38. The maximum Gasteiger partial charge on any atom is 0.123 e. The lowest BCUT2D eigenvalue weighted by atomic mass is 10.1. The van der Waals surface area contributed by atoms with Gasteiger partial charge in [-0.3, -0.25) is 0 Å². The molecule has 0 radical (unpaired) electrons. The van der Waals surface area contributed by atoms with Crippen LogP contribution in [0.1, 0.15) is 29.5 Å². The van der Waals surface area contributed by atoms with E-state index in [0.717, 1.165) is 10.4 Å². The van der Waals surface area contributed by atoms with Crippen molar-refractivity contribution in [1.82, 2.24) is 5.32 Å². The van der Waals surface area contributed by atoms with Gasteiger partial charge in [-0.25, -0.2) is 4.39 Å². The Morgan fingerprint density at radius 1 is 1.28 bits per heavy atom. The quantitative estimate of drug-likeness (QED) is 0.869. The van der Waals surface area contributed by atoms with Crippen LogP contribution in [0, 0.1) is 5.82 Å². The van der Waals surface area contributed by atoms with Crippen molar-refractivity contribution in [3.63, 3.8) is 0 Å².